The molecule has 18 heavy (non-hydrogen) atoms. The summed E-state index contributed by atoms with van der Waals surface area (Å²) in [7, 11) is 0. The summed E-state index contributed by atoms with van der Waals surface area (Å²) < 4.78 is 16.5. The molecule has 0 fully saturated rings. The molecular formula is C14H23NO3. The zero-order chi connectivity index (χ0) is 12.6. The Balaban J connectivity index is 1.70. The summed E-state index contributed by atoms with van der Waals surface area (Å²) in [6.07, 6.45) is 6.53. The van der Waals surface area contributed by atoms with Gasteiger partial charge >= 0.3 is 0 Å². The smallest absolute Gasteiger partial charge is 0.120 e. The Kier molecular flexibility index (Phi) is 5.55. The molecule has 0 radical (unpaired) electrons. The minimum atomic E-state index is 0.680. The molecule has 0 unspecified atom stereocenters. The van der Waals surface area contributed by atoms with Gasteiger partial charge in [-0.05, 0) is 19.4 Å². The molecule has 0 spiro atoms. The molecule has 0 saturated carbocycles. The Morgan fingerprint density at radius 1 is 1.28 bits per heavy atom. The van der Waals surface area contributed by atoms with Crippen molar-refractivity contribution in [3.05, 3.63) is 23.6 Å². The number of allylic oxidation sites excluding steroid dienone is 3. The monoisotopic (exact) mass is 253 g/mol. The third-order valence-corrected chi connectivity index (χ3v) is 3.16. The summed E-state index contributed by atoms with van der Waals surface area (Å²) in [5.74, 6) is 1.15. The SMILES string of the molecule is CCOCCOCCN1CCOC2=C1C=CCC2. The summed E-state index contributed by atoms with van der Waals surface area (Å²) in [6.45, 7) is 7.55. The van der Waals surface area contributed by atoms with Gasteiger partial charge < -0.3 is 19.1 Å². The fraction of sp³-hybridized carbons (Fsp3) is 0.714. The fourth-order valence-electron chi connectivity index (χ4n) is 2.23. The van der Waals surface area contributed by atoms with Crippen molar-refractivity contribution in [2.75, 3.05) is 46.1 Å². The number of hydrogen-bond donors (Lipinski definition) is 0. The molecule has 0 atom stereocenters. The summed E-state index contributed by atoms with van der Waals surface area (Å²) in [6, 6.07) is 0. The van der Waals surface area contributed by atoms with E-state index >= 15 is 0 Å². The van der Waals surface area contributed by atoms with E-state index in [0.29, 0.717) is 13.2 Å². The van der Waals surface area contributed by atoms with Gasteiger partial charge in [-0.3, -0.25) is 0 Å². The second-order valence-corrected chi connectivity index (χ2v) is 4.39. The van der Waals surface area contributed by atoms with Crippen molar-refractivity contribution in [2.24, 2.45) is 0 Å². The molecule has 2 rings (SSSR count). The van der Waals surface area contributed by atoms with E-state index in [1.54, 1.807) is 0 Å². The van der Waals surface area contributed by atoms with Gasteiger partial charge in [0.1, 0.15) is 12.4 Å². The van der Waals surface area contributed by atoms with Gasteiger partial charge in [0.25, 0.3) is 0 Å². The molecule has 1 aliphatic carbocycles. The van der Waals surface area contributed by atoms with Crippen LogP contribution < -0.4 is 0 Å². The minimum absolute atomic E-state index is 0.680. The van der Waals surface area contributed by atoms with Crippen LogP contribution in [0.15, 0.2) is 23.6 Å². The highest BCUT2D eigenvalue weighted by Crippen LogP contribution is 2.25. The maximum absolute atomic E-state index is 5.70. The molecular weight excluding hydrogens is 230 g/mol. The highest BCUT2D eigenvalue weighted by Gasteiger charge is 2.20. The van der Waals surface area contributed by atoms with E-state index in [-0.39, 0.29) is 0 Å². The highest BCUT2D eigenvalue weighted by molar-refractivity contribution is 5.26. The zero-order valence-electron chi connectivity index (χ0n) is 11.2. The van der Waals surface area contributed by atoms with Gasteiger partial charge in [0.15, 0.2) is 0 Å². The Bertz CT molecular complexity index is 312. The maximum atomic E-state index is 5.70. The van der Waals surface area contributed by atoms with Crippen molar-refractivity contribution in [1.29, 1.82) is 0 Å². The summed E-state index contributed by atoms with van der Waals surface area (Å²) in [4.78, 5) is 2.36. The molecule has 4 heteroatoms. The Labute approximate surface area is 109 Å². The Morgan fingerprint density at radius 2 is 2.17 bits per heavy atom. The lowest BCUT2D eigenvalue weighted by Crippen LogP contribution is -2.35. The molecule has 0 N–H and O–H groups in total. The standard InChI is InChI=1S/C14H23NO3/c1-2-16-11-12-17-9-7-15-8-10-18-14-6-4-3-5-13(14)15/h3,5H,2,4,6-12H2,1H3. The second-order valence-electron chi connectivity index (χ2n) is 4.39. The molecule has 0 aromatic carbocycles. The molecule has 102 valence electrons. The van der Waals surface area contributed by atoms with Gasteiger partial charge in [-0.1, -0.05) is 6.08 Å². The number of nitrogens with zero attached hydrogens (tertiary/aromatic N) is 1. The molecule has 0 aromatic heterocycles. The third kappa shape index (κ3) is 3.75. The van der Waals surface area contributed by atoms with Gasteiger partial charge in [-0.15, -0.1) is 0 Å². The zero-order valence-corrected chi connectivity index (χ0v) is 11.2. The normalized spacial score (nSPS) is 18.8. The summed E-state index contributed by atoms with van der Waals surface area (Å²) in [5.41, 5.74) is 1.25. The van der Waals surface area contributed by atoms with Gasteiger partial charge in [-0.25, -0.2) is 0 Å². The second kappa shape index (κ2) is 7.44. The average molecular weight is 253 g/mol. The first-order valence-electron chi connectivity index (χ1n) is 6.84. The van der Waals surface area contributed by atoms with Crippen molar-refractivity contribution in [2.45, 2.75) is 19.8 Å². The van der Waals surface area contributed by atoms with E-state index < -0.39 is 0 Å². The van der Waals surface area contributed by atoms with E-state index in [0.717, 1.165) is 51.5 Å². The first kappa shape index (κ1) is 13.4. The molecule has 0 aromatic rings. The number of hydrogen-bond acceptors (Lipinski definition) is 4. The first-order valence-corrected chi connectivity index (χ1v) is 6.84. The van der Waals surface area contributed by atoms with E-state index in [1.807, 2.05) is 6.92 Å². The molecule has 4 nitrogen and oxygen atoms in total. The summed E-state index contributed by atoms with van der Waals surface area (Å²) >= 11 is 0. The topological polar surface area (TPSA) is 30.9 Å². The number of ether oxygens (including phenoxy) is 3. The van der Waals surface area contributed by atoms with Crippen LogP contribution in [0.1, 0.15) is 19.8 Å². The predicted molar refractivity (Wildman–Crippen MR) is 70.2 cm³/mol. The molecule has 0 amide bonds. The average Bonchev–Trinajstić information content (AvgIpc) is 2.43. The molecule has 0 saturated heterocycles. The third-order valence-electron chi connectivity index (χ3n) is 3.16. The number of rotatable bonds is 7. The van der Waals surface area contributed by atoms with Gasteiger partial charge in [0, 0.05) is 19.6 Å². The van der Waals surface area contributed by atoms with Crippen molar-refractivity contribution in [3.63, 3.8) is 0 Å². The maximum Gasteiger partial charge on any atom is 0.120 e. The van der Waals surface area contributed by atoms with Crippen LogP contribution in [0.2, 0.25) is 0 Å². The first-order chi connectivity index (χ1) is 8.92. The molecule has 1 heterocycles. The van der Waals surface area contributed by atoms with Crippen LogP contribution in [0.4, 0.5) is 0 Å². The molecule has 0 bridgehead atoms. The lowest BCUT2D eigenvalue weighted by Gasteiger charge is -2.33. The van der Waals surface area contributed by atoms with Crippen molar-refractivity contribution in [3.8, 4) is 0 Å². The van der Waals surface area contributed by atoms with Gasteiger partial charge in [0.2, 0.25) is 0 Å². The Morgan fingerprint density at radius 3 is 3.06 bits per heavy atom. The van der Waals surface area contributed by atoms with Crippen LogP contribution in [0.5, 0.6) is 0 Å². The van der Waals surface area contributed by atoms with Gasteiger partial charge in [0.05, 0.1) is 32.1 Å². The van der Waals surface area contributed by atoms with Crippen LogP contribution >= 0.6 is 0 Å². The van der Waals surface area contributed by atoms with Crippen molar-refractivity contribution >= 4 is 0 Å². The highest BCUT2D eigenvalue weighted by atomic mass is 16.5. The fourth-order valence-corrected chi connectivity index (χ4v) is 2.23. The van der Waals surface area contributed by atoms with E-state index in [4.69, 9.17) is 14.2 Å². The van der Waals surface area contributed by atoms with E-state index in [1.165, 1.54) is 5.70 Å². The minimum Gasteiger partial charge on any atom is -0.494 e. The lowest BCUT2D eigenvalue weighted by molar-refractivity contribution is 0.0395. The molecule has 2 aliphatic rings. The lowest BCUT2D eigenvalue weighted by atomic mass is 10.1. The van der Waals surface area contributed by atoms with Crippen LogP contribution in [0.3, 0.4) is 0 Å². The van der Waals surface area contributed by atoms with Crippen molar-refractivity contribution < 1.29 is 14.2 Å². The summed E-state index contributed by atoms with van der Waals surface area (Å²) in [5, 5.41) is 0. The van der Waals surface area contributed by atoms with Crippen LogP contribution in [0.25, 0.3) is 0 Å². The van der Waals surface area contributed by atoms with Gasteiger partial charge in [-0.2, -0.15) is 0 Å². The van der Waals surface area contributed by atoms with Crippen LogP contribution in [-0.4, -0.2) is 51.0 Å². The van der Waals surface area contributed by atoms with Crippen LogP contribution in [0, 0.1) is 0 Å². The molecule has 1 aliphatic heterocycles. The Hall–Kier alpha value is -1.00. The largest absolute Gasteiger partial charge is 0.494 e. The quantitative estimate of drug-likeness (QED) is 0.649. The van der Waals surface area contributed by atoms with E-state index in [9.17, 15) is 0 Å². The van der Waals surface area contributed by atoms with E-state index in [2.05, 4.69) is 17.1 Å². The van der Waals surface area contributed by atoms with Crippen LogP contribution in [-0.2, 0) is 14.2 Å². The predicted octanol–water partition coefficient (Wildman–Crippen LogP) is 1.93. The van der Waals surface area contributed by atoms with Crippen molar-refractivity contribution in [1.82, 2.24) is 4.90 Å².